The third-order valence-electron chi connectivity index (χ3n) is 3.83. The van der Waals surface area contributed by atoms with Crippen LogP contribution < -0.4 is 11.1 Å². The summed E-state index contributed by atoms with van der Waals surface area (Å²) in [6.07, 6.45) is 0.345. The Hall–Kier alpha value is -1.66. The third kappa shape index (κ3) is 4.96. The number of nitrogens with zero attached hydrogens (tertiary/aromatic N) is 1. The van der Waals surface area contributed by atoms with Crippen LogP contribution in [-0.2, 0) is 4.74 Å². The predicted molar refractivity (Wildman–Crippen MR) is 83.0 cm³/mol. The van der Waals surface area contributed by atoms with Crippen molar-refractivity contribution in [3.05, 3.63) is 35.9 Å². The maximum atomic E-state index is 13.9. The molecule has 1 aliphatic rings. The van der Waals surface area contributed by atoms with Gasteiger partial charge in [0.1, 0.15) is 0 Å². The molecule has 0 aromatic heterocycles. The normalized spacial score (nSPS) is 17.3. The fourth-order valence-corrected chi connectivity index (χ4v) is 2.51. The second-order valence-corrected chi connectivity index (χ2v) is 5.47. The van der Waals surface area contributed by atoms with Crippen LogP contribution >= 0.6 is 0 Å². The number of likely N-dealkylation sites (tertiary alicyclic amines) is 1. The molecule has 1 aromatic carbocycles. The number of nitrogens with one attached hydrogen (secondary N) is 1. The number of hydrogen-bond acceptors (Lipinski definition) is 4. The van der Waals surface area contributed by atoms with Crippen LogP contribution in [-0.4, -0.2) is 43.2 Å². The maximum absolute atomic E-state index is 13.9. The Balaban J connectivity index is 1.73. The smallest absolute Gasteiger partial charge is 0.410 e. The molecule has 6 heteroatoms. The van der Waals surface area contributed by atoms with E-state index in [4.69, 9.17) is 10.5 Å². The number of hydrogen-bond donors (Lipinski definition) is 2. The van der Waals surface area contributed by atoms with E-state index in [0.717, 1.165) is 25.8 Å². The Kier molecular flexibility index (Phi) is 6.61. The number of alkyl halides is 1. The van der Waals surface area contributed by atoms with E-state index in [1.165, 1.54) is 0 Å². The van der Waals surface area contributed by atoms with Crippen LogP contribution in [0.1, 0.15) is 31.2 Å². The number of carbonyl (C=O) groups is 1. The molecule has 2 rings (SSSR count). The van der Waals surface area contributed by atoms with Crippen molar-refractivity contribution in [2.24, 2.45) is 5.73 Å². The SMILES string of the molecule is NCCCNC1CCN(C(=O)OC(F)c2ccccc2)CC1. The highest BCUT2D eigenvalue weighted by Crippen LogP contribution is 2.21. The highest BCUT2D eigenvalue weighted by atomic mass is 19.1. The number of piperidine rings is 1. The van der Waals surface area contributed by atoms with E-state index in [1.807, 2.05) is 0 Å². The van der Waals surface area contributed by atoms with Gasteiger partial charge in [0.25, 0.3) is 6.36 Å². The van der Waals surface area contributed by atoms with Crippen molar-refractivity contribution in [3.63, 3.8) is 0 Å². The molecule has 1 atom stereocenters. The van der Waals surface area contributed by atoms with E-state index in [9.17, 15) is 9.18 Å². The Morgan fingerprint density at radius 2 is 2.05 bits per heavy atom. The maximum Gasteiger partial charge on any atom is 0.412 e. The first kappa shape index (κ1) is 16.7. The standard InChI is InChI=1S/C16H24FN3O2/c17-15(13-5-2-1-3-6-13)22-16(21)20-11-7-14(8-12-20)19-10-4-9-18/h1-3,5-6,14-15,19H,4,7-12,18H2. The highest BCUT2D eigenvalue weighted by Gasteiger charge is 2.25. The molecule has 1 amide bonds. The van der Waals surface area contributed by atoms with Crippen molar-refractivity contribution in [1.82, 2.24) is 10.2 Å². The summed E-state index contributed by atoms with van der Waals surface area (Å²) in [6, 6.07) is 8.82. The van der Waals surface area contributed by atoms with Crippen molar-refractivity contribution < 1.29 is 13.9 Å². The van der Waals surface area contributed by atoms with Gasteiger partial charge >= 0.3 is 6.09 Å². The van der Waals surface area contributed by atoms with Gasteiger partial charge in [0.2, 0.25) is 0 Å². The van der Waals surface area contributed by atoms with Gasteiger partial charge in [-0.15, -0.1) is 0 Å². The molecule has 22 heavy (non-hydrogen) atoms. The lowest BCUT2D eigenvalue weighted by molar-refractivity contribution is -0.0111. The van der Waals surface area contributed by atoms with E-state index < -0.39 is 12.5 Å². The van der Waals surface area contributed by atoms with Crippen molar-refractivity contribution in [3.8, 4) is 0 Å². The van der Waals surface area contributed by atoms with Gasteiger partial charge in [-0.1, -0.05) is 30.3 Å². The van der Waals surface area contributed by atoms with Crippen LogP contribution in [0.4, 0.5) is 9.18 Å². The minimum absolute atomic E-state index is 0.356. The zero-order chi connectivity index (χ0) is 15.8. The van der Waals surface area contributed by atoms with E-state index in [1.54, 1.807) is 35.2 Å². The van der Waals surface area contributed by atoms with E-state index in [-0.39, 0.29) is 0 Å². The van der Waals surface area contributed by atoms with E-state index >= 15 is 0 Å². The monoisotopic (exact) mass is 309 g/mol. The molecule has 5 nitrogen and oxygen atoms in total. The molecule has 0 aliphatic carbocycles. The van der Waals surface area contributed by atoms with Crippen LogP contribution in [0.3, 0.4) is 0 Å². The predicted octanol–water partition coefficient (Wildman–Crippen LogP) is 2.19. The van der Waals surface area contributed by atoms with Gasteiger partial charge in [0.15, 0.2) is 0 Å². The lowest BCUT2D eigenvalue weighted by atomic mass is 10.1. The zero-order valence-corrected chi connectivity index (χ0v) is 12.7. The molecule has 122 valence electrons. The molecular weight excluding hydrogens is 285 g/mol. The summed E-state index contributed by atoms with van der Waals surface area (Å²) in [5.41, 5.74) is 5.81. The molecule has 0 spiro atoms. The van der Waals surface area contributed by atoms with Gasteiger partial charge in [0.05, 0.1) is 0 Å². The summed E-state index contributed by atoms with van der Waals surface area (Å²) in [4.78, 5) is 13.5. The molecule has 0 bridgehead atoms. The average molecular weight is 309 g/mol. The minimum Gasteiger partial charge on any atom is -0.410 e. The number of benzene rings is 1. The van der Waals surface area contributed by atoms with Gasteiger partial charge in [-0.05, 0) is 32.4 Å². The molecule has 1 heterocycles. The number of halogens is 1. The summed E-state index contributed by atoms with van der Waals surface area (Å²) >= 11 is 0. The number of nitrogens with two attached hydrogens (primary N) is 1. The number of rotatable bonds is 6. The fraction of sp³-hybridized carbons (Fsp3) is 0.562. The van der Waals surface area contributed by atoms with Gasteiger partial charge in [-0.3, -0.25) is 0 Å². The zero-order valence-electron chi connectivity index (χ0n) is 12.7. The van der Waals surface area contributed by atoms with Crippen molar-refractivity contribution in [2.45, 2.75) is 31.7 Å². The molecular formula is C16H24FN3O2. The molecule has 0 radical (unpaired) electrons. The molecule has 3 N–H and O–H groups in total. The van der Waals surface area contributed by atoms with Crippen molar-refractivity contribution in [1.29, 1.82) is 0 Å². The first-order valence-corrected chi connectivity index (χ1v) is 7.78. The number of carbonyl (C=O) groups excluding carboxylic acids is 1. The summed E-state index contributed by atoms with van der Waals surface area (Å²) in [5, 5.41) is 3.42. The summed E-state index contributed by atoms with van der Waals surface area (Å²) < 4.78 is 18.8. The lowest BCUT2D eigenvalue weighted by Gasteiger charge is -2.32. The second kappa shape index (κ2) is 8.70. The van der Waals surface area contributed by atoms with Crippen LogP contribution in [0.5, 0.6) is 0 Å². The fourth-order valence-electron chi connectivity index (χ4n) is 2.51. The van der Waals surface area contributed by atoms with Gasteiger partial charge in [0, 0.05) is 24.7 Å². The summed E-state index contributed by atoms with van der Waals surface area (Å²) in [6.45, 7) is 2.74. The highest BCUT2D eigenvalue weighted by molar-refractivity contribution is 5.68. The van der Waals surface area contributed by atoms with Gasteiger partial charge in [-0.2, -0.15) is 4.39 Å². The largest absolute Gasteiger partial charge is 0.412 e. The van der Waals surface area contributed by atoms with Gasteiger partial charge < -0.3 is 20.7 Å². The van der Waals surface area contributed by atoms with E-state index in [2.05, 4.69) is 5.32 Å². The molecule has 0 saturated carbocycles. The molecule has 1 aromatic rings. The van der Waals surface area contributed by atoms with E-state index in [0.29, 0.717) is 31.2 Å². The second-order valence-electron chi connectivity index (χ2n) is 5.47. The Labute approximate surface area is 130 Å². The Morgan fingerprint density at radius 3 is 2.68 bits per heavy atom. The first-order chi connectivity index (χ1) is 10.7. The van der Waals surface area contributed by atoms with Crippen LogP contribution in [0.15, 0.2) is 30.3 Å². The Morgan fingerprint density at radius 1 is 1.36 bits per heavy atom. The number of amides is 1. The van der Waals surface area contributed by atoms with Gasteiger partial charge in [-0.25, -0.2) is 4.79 Å². The molecule has 1 aliphatic heterocycles. The quantitative estimate of drug-likeness (QED) is 0.791. The average Bonchev–Trinajstić information content (AvgIpc) is 2.56. The minimum atomic E-state index is -1.71. The number of ether oxygens (including phenoxy) is 1. The lowest BCUT2D eigenvalue weighted by Crippen LogP contribution is -2.45. The molecule has 1 fully saturated rings. The van der Waals surface area contributed by atoms with Crippen LogP contribution in [0.2, 0.25) is 0 Å². The Bertz CT molecular complexity index is 450. The van der Waals surface area contributed by atoms with Crippen LogP contribution in [0, 0.1) is 0 Å². The summed E-state index contributed by atoms with van der Waals surface area (Å²) in [7, 11) is 0. The summed E-state index contributed by atoms with van der Waals surface area (Å²) in [5.74, 6) is 0. The topological polar surface area (TPSA) is 67.6 Å². The third-order valence-corrected chi connectivity index (χ3v) is 3.83. The van der Waals surface area contributed by atoms with Crippen molar-refractivity contribution in [2.75, 3.05) is 26.2 Å². The van der Waals surface area contributed by atoms with Crippen LogP contribution in [0.25, 0.3) is 0 Å². The molecule has 1 saturated heterocycles. The molecule has 1 unspecified atom stereocenters. The van der Waals surface area contributed by atoms with Crippen molar-refractivity contribution >= 4 is 6.09 Å². The first-order valence-electron chi connectivity index (χ1n) is 7.78.